The van der Waals surface area contributed by atoms with Gasteiger partial charge < -0.3 is 5.73 Å². The van der Waals surface area contributed by atoms with Crippen molar-refractivity contribution in [2.75, 3.05) is 5.73 Å². The number of anilines is 1. The van der Waals surface area contributed by atoms with E-state index >= 15 is 0 Å². The fourth-order valence-electron chi connectivity index (χ4n) is 1.74. The molecule has 0 radical (unpaired) electrons. The smallest absolute Gasteiger partial charge is 0.242 e. The molecule has 0 spiro atoms. The summed E-state index contributed by atoms with van der Waals surface area (Å²) in [5, 5.41) is 0.423. The first-order valence-corrected chi connectivity index (χ1v) is 7.84. The van der Waals surface area contributed by atoms with Crippen molar-refractivity contribution in [3.05, 3.63) is 23.2 Å². The van der Waals surface area contributed by atoms with Crippen molar-refractivity contribution in [1.82, 2.24) is 4.72 Å². The van der Waals surface area contributed by atoms with Crippen molar-refractivity contribution < 1.29 is 8.42 Å². The molecule has 0 aliphatic rings. The Labute approximate surface area is 114 Å². The van der Waals surface area contributed by atoms with Gasteiger partial charge in [0.25, 0.3) is 0 Å². The Kier molecular flexibility index (Phi) is 5.44. The van der Waals surface area contributed by atoms with Gasteiger partial charge in [-0.3, -0.25) is 0 Å². The molecular weight excluding hydrogens is 272 g/mol. The summed E-state index contributed by atoms with van der Waals surface area (Å²) in [7, 11) is -3.57. The SMILES string of the molecule is CCCC(CC)NS(=O)(=O)c1ccc(Cl)cc1N. The van der Waals surface area contributed by atoms with E-state index in [4.69, 9.17) is 17.3 Å². The van der Waals surface area contributed by atoms with Crippen LogP contribution in [0.1, 0.15) is 33.1 Å². The largest absolute Gasteiger partial charge is 0.398 e. The number of hydrogen-bond acceptors (Lipinski definition) is 3. The fourth-order valence-corrected chi connectivity index (χ4v) is 3.39. The number of nitrogens with one attached hydrogen (secondary N) is 1. The molecule has 6 heteroatoms. The first kappa shape index (κ1) is 15.3. The molecule has 0 saturated heterocycles. The number of halogens is 1. The van der Waals surface area contributed by atoms with Gasteiger partial charge in [-0.1, -0.05) is 31.9 Å². The minimum atomic E-state index is -3.57. The number of nitrogens with two attached hydrogens (primary N) is 1. The normalized spacial score (nSPS) is 13.5. The monoisotopic (exact) mass is 290 g/mol. The molecule has 1 aromatic carbocycles. The second-order valence-corrected chi connectivity index (χ2v) is 6.32. The van der Waals surface area contributed by atoms with Crippen LogP contribution in [0.3, 0.4) is 0 Å². The molecule has 1 atom stereocenters. The van der Waals surface area contributed by atoms with Crippen LogP contribution in [0.5, 0.6) is 0 Å². The average molecular weight is 291 g/mol. The molecular formula is C12H19ClN2O2S. The highest BCUT2D eigenvalue weighted by atomic mass is 35.5. The summed E-state index contributed by atoms with van der Waals surface area (Å²) in [5.41, 5.74) is 5.86. The summed E-state index contributed by atoms with van der Waals surface area (Å²) in [6.07, 6.45) is 2.49. The Morgan fingerprint density at radius 2 is 2.06 bits per heavy atom. The van der Waals surface area contributed by atoms with Gasteiger partial charge >= 0.3 is 0 Å². The molecule has 18 heavy (non-hydrogen) atoms. The van der Waals surface area contributed by atoms with Crippen molar-refractivity contribution in [2.45, 2.75) is 44.0 Å². The van der Waals surface area contributed by atoms with Crippen LogP contribution in [0.4, 0.5) is 5.69 Å². The summed E-state index contributed by atoms with van der Waals surface area (Å²) in [6.45, 7) is 3.97. The van der Waals surface area contributed by atoms with Crippen LogP contribution in [0.15, 0.2) is 23.1 Å². The molecule has 3 N–H and O–H groups in total. The molecule has 0 aliphatic heterocycles. The second-order valence-electron chi connectivity index (χ2n) is 4.20. The topological polar surface area (TPSA) is 72.2 Å². The molecule has 0 heterocycles. The zero-order chi connectivity index (χ0) is 13.8. The average Bonchev–Trinajstić information content (AvgIpc) is 2.27. The Morgan fingerprint density at radius 1 is 1.39 bits per heavy atom. The molecule has 0 fully saturated rings. The maximum atomic E-state index is 12.2. The van der Waals surface area contributed by atoms with Crippen LogP contribution in [0, 0.1) is 0 Å². The van der Waals surface area contributed by atoms with Crippen molar-refractivity contribution in [2.24, 2.45) is 0 Å². The number of rotatable bonds is 6. The van der Waals surface area contributed by atoms with E-state index in [1.54, 1.807) is 0 Å². The van der Waals surface area contributed by atoms with Gasteiger partial charge in [-0.05, 0) is 31.0 Å². The third-order valence-electron chi connectivity index (χ3n) is 2.71. The molecule has 1 aromatic rings. The maximum Gasteiger partial charge on any atom is 0.242 e. The van der Waals surface area contributed by atoms with Crippen LogP contribution < -0.4 is 10.5 Å². The molecule has 0 saturated carbocycles. The van der Waals surface area contributed by atoms with E-state index in [0.29, 0.717) is 5.02 Å². The molecule has 0 aliphatic carbocycles. The lowest BCUT2D eigenvalue weighted by Gasteiger charge is -2.17. The van der Waals surface area contributed by atoms with Crippen molar-refractivity contribution in [3.63, 3.8) is 0 Å². The lowest BCUT2D eigenvalue weighted by molar-refractivity contribution is 0.512. The van der Waals surface area contributed by atoms with Gasteiger partial charge in [0.2, 0.25) is 10.0 Å². The van der Waals surface area contributed by atoms with Crippen molar-refractivity contribution >= 4 is 27.3 Å². The first-order valence-electron chi connectivity index (χ1n) is 5.98. The van der Waals surface area contributed by atoms with Crippen LogP contribution in [0.2, 0.25) is 5.02 Å². The van der Waals surface area contributed by atoms with E-state index in [-0.39, 0.29) is 16.6 Å². The number of hydrogen-bond donors (Lipinski definition) is 2. The Balaban J connectivity index is 2.99. The molecule has 0 amide bonds. The summed E-state index contributed by atoms with van der Waals surface area (Å²) in [5.74, 6) is 0. The minimum Gasteiger partial charge on any atom is -0.398 e. The quantitative estimate of drug-likeness (QED) is 0.791. The van der Waals surface area contributed by atoms with Crippen molar-refractivity contribution in [1.29, 1.82) is 0 Å². The van der Waals surface area contributed by atoms with E-state index in [1.165, 1.54) is 18.2 Å². The van der Waals surface area contributed by atoms with Gasteiger partial charge in [-0.15, -0.1) is 0 Å². The first-order chi connectivity index (χ1) is 8.40. The van der Waals surface area contributed by atoms with Gasteiger partial charge in [0.1, 0.15) is 4.90 Å². The number of benzene rings is 1. The van der Waals surface area contributed by atoms with Crippen LogP contribution in [-0.2, 0) is 10.0 Å². The fraction of sp³-hybridized carbons (Fsp3) is 0.500. The van der Waals surface area contributed by atoms with Crippen molar-refractivity contribution in [3.8, 4) is 0 Å². The highest BCUT2D eigenvalue weighted by Crippen LogP contribution is 2.23. The highest BCUT2D eigenvalue weighted by molar-refractivity contribution is 7.89. The minimum absolute atomic E-state index is 0.0601. The van der Waals surface area contributed by atoms with Crippen LogP contribution in [0.25, 0.3) is 0 Å². The van der Waals surface area contributed by atoms with Gasteiger partial charge in [0.15, 0.2) is 0 Å². The Morgan fingerprint density at radius 3 is 2.56 bits per heavy atom. The summed E-state index contributed by atoms with van der Waals surface area (Å²) < 4.78 is 27.0. The highest BCUT2D eigenvalue weighted by Gasteiger charge is 2.20. The summed E-state index contributed by atoms with van der Waals surface area (Å²) in [4.78, 5) is 0.0847. The molecule has 102 valence electrons. The molecule has 0 aromatic heterocycles. The van der Waals surface area contributed by atoms with Gasteiger partial charge in [-0.25, -0.2) is 13.1 Å². The van der Waals surface area contributed by atoms with Crippen LogP contribution in [-0.4, -0.2) is 14.5 Å². The van der Waals surface area contributed by atoms with Gasteiger partial charge in [0, 0.05) is 11.1 Å². The zero-order valence-electron chi connectivity index (χ0n) is 10.6. The van der Waals surface area contributed by atoms with E-state index in [2.05, 4.69) is 4.72 Å². The van der Waals surface area contributed by atoms with E-state index in [0.717, 1.165) is 19.3 Å². The van der Waals surface area contributed by atoms with Gasteiger partial charge in [-0.2, -0.15) is 0 Å². The predicted octanol–water partition coefficient (Wildman–Crippen LogP) is 2.78. The Bertz CT molecular complexity index is 503. The molecule has 1 unspecified atom stereocenters. The predicted molar refractivity (Wildman–Crippen MR) is 75.2 cm³/mol. The van der Waals surface area contributed by atoms with E-state index in [9.17, 15) is 8.42 Å². The number of nitrogen functional groups attached to an aromatic ring is 1. The van der Waals surface area contributed by atoms with Crippen LogP contribution >= 0.6 is 11.6 Å². The standard InChI is InChI=1S/C12H19ClN2O2S/c1-3-5-10(4-2)15-18(16,17)12-7-6-9(13)8-11(12)14/h6-8,10,15H,3-5,14H2,1-2H3. The third kappa shape index (κ3) is 3.86. The van der Waals surface area contributed by atoms with E-state index in [1.807, 2.05) is 13.8 Å². The molecule has 1 rings (SSSR count). The molecule has 0 bridgehead atoms. The summed E-state index contributed by atoms with van der Waals surface area (Å²) >= 11 is 5.75. The third-order valence-corrected chi connectivity index (χ3v) is 4.54. The lowest BCUT2D eigenvalue weighted by Crippen LogP contribution is -2.34. The zero-order valence-corrected chi connectivity index (χ0v) is 12.2. The lowest BCUT2D eigenvalue weighted by atomic mass is 10.1. The molecule has 4 nitrogen and oxygen atoms in total. The maximum absolute atomic E-state index is 12.2. The second kappa shape index (κ2) is 6.41. The summed E-state index contributed by atoms with van der Waals surface area (Å²) in [6, 6.07) is 4.33. The number of sulfonamides is 1. The van der Waals surface area contributed by atoms with E-state index < -0.39 is 10.0 Å². The Hall–Kier alpha value is -0.780. The van der Waals surface area contributed by atoms with Gasteiger partial charge in [0.05, 0.1) is 5.69 Å².